The second kappa shape index (κ2) is 4.33. The van der Waals surface area contributed by atoms with Gasteiger partial charge >= 0.3 is 0 Å². The SMILES string of the molecule is NC1(c2nc(-c3ccc(I)cc3)cs2)CCC1. The summed E-state index contributed by atoms with van der Waals surface area (Å²) in [6, 6.07) is 8.45. The number of aromatic nitrogens is 1. The summed E-state index contributed by atoms with van der Waals surface area (Å²) < 4.78 is 1.25. The summed E-state index contributed by atoms with van der Waals surface area (Å²) >= 11 is 4.00. The molecule has 3 rings (SSSR count). The van der Waals surface area contributed by atoms with E-state index >= 15 is 0 Å². The van der Waals surface area contributed by atoms with Crippen LogP contribution in [0.4, 0.5) is 0 Å². The Kier molecular flexibility index (Phi) is 2.96. The smallest absolute Gasteiger partial charge is 0.113 e. The number of hydrogen-bond donors (Lipinski definition) is 1. The van der Waals surface area contributed by atoms with Gasteiger partial charge in [0.2, 0.25) is 0 Å². The summed E-state index contributed by atoms with van der Waals surface area (Å²) in [4.78, 5) is 4.69. The van der Waals surface area contributed by atoms with Crippen LogP contribution in [0.1, 0.15) is 24.3 Å². The largest absolute Gasteiger partial charge is 0.319 e. The lowest BCUT2D eigenvalue weighted by Gasteiger charge is -2.35. The lowest BCUT2D eigenvalue weighted by molar-refractivity contribution is 0.253. The van der Waals surface area contributed by atoms with Crippen molar-refractivity contribution in [3.05, 3.63) is 38.2 Å². The van der Waals surface area contributed by atoms with Crippen LogP contribution in [0.5, 0.6) is 0 Å². The molecule has 1 aliphatic rings. The van der Waals surface area contributed by atoms with Gasteiger partial charge in [0.15, 0.2) is 0 Å². The van der Waals surface area contributed by atoms with Gasteiger partial charge in [-0.05, 0) is 54.0 Å². The first-order valence-corrected chi connectivity index (χ1v) is 7.64. The lowest BCUT2D eigenvalue weighted by atomic mass is 9.78. The van der Waals surface area contributed by atoms with Crippen LogP contribution < -0.4 is 5.73 Å². The van der Waals surface area contributed by atoms with E-state index in [9.17, 15) is 0 Å². The molecule has 1 aromatic heterocycles. The molecule has 17 heavy (non-hydrogen) atoms. The van der Waals surface area contributed by atoms with Gasteiger partial charge in [0.05, 0.1) is 11.2 Å². The van der Waals surface area contributed by atoms with Crippen LogP contribution in [0.3, 0.4) is 0 Å². The summed E-state index contributed by atoms with van der Waals surface area (Å²) in [6.07, 6.45) is 3.38. The van der Waals surface area contributed by atoms with Gasteiger partial charge < -0.3 is 5.73 Å². The number of nitrogens with zero attached hydrogens (tertiary/aromatic N) is 1. The van der Waals surface area contributed by atoms with E-state index in [-0.39, 0.29) is 5.54 Å². The van der Waals surface area contributed by atoms with Gasteiger partial charge in [-0.15, -0.1) is 11.3 Å². The Morgan fingerprint density at radius 3 is 2.53 bits per heavy atom. The Labute approximate surface area is 118 Å². The molecule has 0 unspecified atom stereocenters. The average Bonchev–Trinajstić information content (AvgIpc) is 2.76. The zero-order valence-electron chi connectivity index (χ0n) is 9.32. The molecule has 0 spiro atoms. The van der Waals surface area contributed by atoms with Crippen LogP contribution in [0, 0.1) is 3.57 Å². The quantitative estimate of drug-likeness (QED) is 0.833. The van der Waals surface area contributed by atoms with Crippen molar-refractivity contribution in [2.24, 2.45) is 5.73 Å². The molecule has 1 fully saturated rings. The van der Waals surface area contributed by atoms with Crippen LogP contribution in [0.15, 0.2) is 29.6 Å². The highest BCUT2D eigenvalue weighted by atomic mass is 127. The predicted molar refractivity (Wildman–Crippen MR) is 80.0 cm³/mol. The Balaban J connectivity index is 1.92. The van der Waals surface area contributed by atoms with E-state index in [1.807, 2.05) is 0 Å². The first kappa shape index (κ1) is 11.6. The Bertz CT molecular complexity index is 529. The molecule has 0 radical (unpaired) electrons. The van der Waals surface area contributed by atoms with Crippen LogP contribution in [0.25, 0.3) is 11.3 Å². The molecule has 0 saturated heterocycles. The van der Waals surface area contributed by atoms with Gasteiger partial charge in [-0.2, -0.15) is 0 Å². The number of halogens is 1. The maximum absolute atomic E-state index is 6.29. The summed E-state index contributed by atoms with van der Waals surface area (Å²) in [6.45, 7) is 0. The van der Waals surface area contributed by atoms with Crippen molar-refractivity contribution in [2.75, 3.05) is 0 Å². The van der Waals surface area contributed by atoms with Gasteiger partial charge in [0.25, 0.3) is 0 Å². The second-order valence-electron chi connectivity index (χ2n) is 4.55. The summed E-state index contributed by atoms with van der Waals surface area (Å²) in [5, 5.41) is 3.21. The van der Waals surface area contributed by atoms with Crippen LogP contribution in [-0.4, -0.2) is 4.98 Å². The molecule has 1 aliphatic carbocycles. The van der Waals surface area contributed by atoms with Crippen LogP contribution >= 0.6 is 33.9 Å². The first-order valence-electron chi connectivity index (χ1n) is 5.68. The molecule has 2 aromatic rings. The monoisotopic (exact) mass is 356 g/mol. The average molecular weight is 356 g/mol. The summed E-state index contributed by atoms with van der Waals surface area (Å²) in [5.41, 5.74) is 8.38. The molecule has 1 saturated carbocycles. The molecule has 88 valence electrons. The molecule has 2 nitrogen and oxygen atoms in total. The fraction of sp³-hybridized carbons (Fsp3) is 0.308. The minimum Gasteiger partial charge on any atom is -0.319 e. The second-order valence-corrected chi connectivity index (χ2v) is 6.66. The molecular formula is C13H13IN2S. The Morgan fingerprint density at radius 1 is 1.24 bits per heavy atom. The van der Waals surface area contributed by atoms with Crippen molar-refractivity contribution in [3.63, 3.8) is 0 Å². The summed E-state index contributed by atoms with van der Waals surface area (Å²) in [5.74, 6) is 0. The minimum atomic E-state index is -0.133. The van der Waals surface area contributed by atoms with Gasteiger partial charge in [-0.1, -0.05) is 12.1 Å². The van der Waals surface area contributed by atoms with E-state index in [2.05, 4.69) is 52.2 Å². The van der Waals surface area contributed by atoms with Crippen molar-refractivity contribution < 1.29 is 0 Å². The van der Waals surface area contributed by atoms with Crippen molar-refractivity contribution in [1.29, 1.82) is 0 Å². The maximum atomic E-state index is 6.29. The van der Waals surface area contributed by atoms with E-state index in [4.69, 9.17) is 10.7 Å². The topological polar surface area (TPSA) is 38.9 Å². The van der Waals surface area contributed by atoms with E-state index in [0.29, 0.717) is 0 Å². The van der Waals surface area contributed by atoms with Gasteiger partial charge in [-0.3, -0.25) is 0 Å². The predicted octanol–water partition coefficient (Wildman–Crippen LogP) is 3.75. The molecule has 1 aromatic carbocycles. The third-order valence-corrected chi connectivity index (χ3v) is 5.10. The third-order valence-electron chi connectivity index (χ3n) is 3.32. The number of hydrogen-bond acceptors (Lipinski definition) is 3. The first-order chi connectivity index (χ1) is 8.17. The summed E-state index contributed by atoms with van der Waals surface area (Å²) in [7, 11) is 0. The number of thiazole rings is 1. The Morgan fingerprint density at radius 2 is 1.94 bits per heavy atom. The molecule has 2 N–H and O–H groups in total. The molecule has 4 heteroatoms. The molecule has 0 bridgehead atoms. The van der Waals surface area contributed by atoms with E-state index in [0.717, 1.165) is 23.5 Å². The van der Waals surface area contributed by atoms with Gasteiger partial charge in [-0.25, -0.2) is 4.98 Å². The molecule has 0 aliphatic heterocycles. The van der Waals surface area contributed by atoms with E-state index in [1.54, 1.807) is 11.3 Å². The van der Waals surface area contributed by atoms with Crippen molar-refractivity contribution in [2.45, 2.75) is 24.8 Å². The number of nitrogens with two attached hydrogens (primary N) is 1. The van der Waals surface area contributed by atoms with E-state index < -0.39 is 0 Å². The maximum Gasteiger partial charge on any atom is 0.113 e. The van der Waals surface area contributed by atoms with Crippen LogP contribution in [0.2, 0.25) is 0 Å². The van der Waals surface area contributed by atoms with Gasteiger partial charge in [0.1, 0.15) is 5.01 Å². The highest BCUT2D eigenvalue weighted by Gasteiger charge is 2.37. The number of benzene rings is 1. The lowest BCUT2D eigenvalue weighted by Crippen LogP contribution is -2.43. The molecular weight excluding hydrogens is 343 g/mol. The number of rotatable bonds is 2. The Hall–Kier alpha value is -0.460. The molecule has 0 atom stereocenters. The fourth-order valence-electron chi connectivity index (χ4n) is 2.03. The van der Waals surface area contributed by atoms with Gasteiger partial charge in [0, 0.05) is 14.5 Å². The fourth-order valence-corrected chi connectivity index (χ4v) is 3.39. The van der Waals surface area contributed by atoms with Crippen molar-refractivity contribution >= 4 is 33.9 Å². The zero-order valence-corrected chi connectivity index (χ0v) is 12.3. The highest BCUT2D eigenvalue weighted by molar-refractivity contribution is 14.1. The zero-order chi connectivity index (χ0) is 11.9. The highest BCUT2D eigenvalue weighted by Crippen LogP contribution is 2.41. The van der Waals surface area contributed by atoms with E-state index in [1.165, 1.54) is 15.6 Å². The third kappa shape index (κ3) is 2.13. The normalized spacial score (nSPS) is 17.8. The van der Waals surface area contributed by atoms with Crippen molar-refractivity contribution in [3.8, 4) is 11.3 Å². The minimum absolute atomic E-state index is 0.133. The molecule has 0 amide bonds. The standard InChI is InChI=1S/C13H13IN2S/c14-10-4-2-9(3-5-10)11-8-17-12(16-11)13(15)6-1-7-13/h2-5,8H,1,6-7,15H2. The molecule has 1 heterocycles. The van der Waals surface area contributed by atoms with Crippen LogP contribution in [-0.2, 0) is 5.54 Å². The van der Waals surface area contributed by atoms with Crippen molar-refractivity contribution in [1.82, 2.24) is 4.98 Å².